The van der Waals surface area contributed by atoms with Gasteiger partial charge in [-0.15, -0.1) is 0 Å². The highest BCUT2D eigenvalue weighted by atomic mass is 14.9. The van der Waals surface area contributed by atoms with Gasteiger partial charge in [0.1, 0.15) is 0 Å². The van der Waals surface area contributed by atoms with Gasteiger partial charge >= 0.3 is 0 Å². The van der Waals surface area contributed by atoms with Gasteiger partial charge in [0.2, 0.25) is 0 Å². The Labute approximate surface area is 87.5 Å². The van der Waals surface area contributed by atoms with Crippen molar-refractivity contribution in [2.24, 2.45) is 0 Å². The number of fused-ring (bicyclic) bond motifs is 1. The standard InChI is InChI=1S/C11H15N.C2H6/c1-12-11-7-6-9-4-2-3-5-10(9)8-11;1-2/h2-5,11-12H,6-8H2,1H3;1-2H3. The average molecular weight is 191 g/mol. The lowest BCUT2D eigenvalue weighted by molar-refractivity contribution is 0.496. The van der Waals surface area contributed by atoms with Gasteiger partial charge in [-0.2, -0.15) is 0 Å². The zero-order valence-electron chi connectivity index (χ0n) is 9.51. The lowest BCUT2D eigenvalue weighted by Crippen LogP contribution is -2.31. The van der Waals surface area contributed by atoms with E-state index in [0.717, 1.165) is 0 Å². The topological polar surface area (TPSA) is 12.0 Å². The third kappa shape index (κ3) is 2.58. The maximum absolute atomic E-state index is 3.34. The van der Waals surface area contributed by atoms with Crippen molar-refractivity contribution in [1.29, 1.82) is 0 Å². The lowest BCUT2D eigenvalue weighted by atomic mass is 9.88. The van der Waals surface area contributed by atoms with Gasteiger partial charge < -0.3 is 5.32 Å². The van der Waals surface area contributed by atoms with Gasteiger partial charge in [0.15, 0.2) is 0 Å². The minimum atomic E-state index is 0.694. The Hall–Kier alpha value is -0.820. The molecule has 0 aliphatic heterocycles. The quantitative estimate of drug-likeness (QED) is 0.719. The minimum Gasteiger partial charge on any atom is -0.317 e. The molecule has 1 heteroatoms. The Morgan fingerprint density at radius 2 is 1.79 bits per heavy atom. The first-order valence-corrected chi connectivity index (χ1v) is 5.64. The molecule has 1 N–H and O–H groups in total. The van der Waals surface area contributed by atoms with E-state index >= 15 is 0 Å². The van der Waals surface area contributed by atoms with Crippen molar-refractivity contribution in [3.05, 3.63) is 35.4 Å². The third-order valence-corrected chi connectivity index (χ3v) is 2.76. The molecule has 0 radical (unpaired) electrons. The summed E-state index contributed by atoms with van der Waals surface area (Å²) in [7, 11) is 2.05. The van der Waals surface area contributed by atoms with Crippen molar-refractivity contribution in [3.8, 4) is 0 Å². The van der Waals surface area contributed by atoms with Gasteiger partial charge in [-0.3, -0.25) is 0 Å². The molecular weight excluding hydrogens is 170 g/mol. The summed E-state index contributed by atoms with van der Waals surface area (Å²) in [6, 6.07) is 9.47. The maximum atomic E-state index is 3.34. The average Bonchev–Trinajstić information content (AvgIpc) is 2.31. The van der Waals surface area contributed by atoms with Gasteiger partial charge in [0.25, 0.3) is 0 Å². The van der Waals surface area contributed by atoms with Crippen molar-refractivity contribution in [3.63, 3.8) is 0 Å². The van der Waals surface area contributed by atoms with Gasteiger partial charge in [-0.25, -0.2) is 0 Å². The monoisotopic (exact) mass is 191 g/mol. The second-order valence-electron chi connectivity index (χ2n) is 3.50. The zero-order chi connectivity index (χ0) is 10.4. The Bertz CT molecular complexity index is 268. The summed E-state index contributed by atoms with van der Waals surface area (Å²) in [6.45, 7) is 4.00. The highest BCUT2D eigenvalue weighted by molar-refractivity contribution is 5.30. The smallest absolute Gasteiger partial charge is 0.0108 e. The van der Waals surface area contributed by atoms with E-state index in [1.165, 1.54) is 24.8 Å². The Morgan fingerprint density at radius 1 is 1.14 bits per heavy atom. The molecule has 14 heavy (non-hydrogen) atoms. The van der Waals surface area contributed by atoms with E-state index < -0.39 is 0 Å². The van der Waals surface area contributed by atoms with E-state index in [1.54, 1.807) is 5.56 Å². The molecule has 0 amide bonds. The lowest BCUT2D eigenvalue weighted by Gasteiger charge is -2.23. The summed E-state index contributed by atoms with van der Waals surface area (Å²) >= 11 is 0. The van der Waals surface area contributed by atoms with Crippen LogP contribution in [0.1, 0.15) is 31.4 Å². The molecule has 0 saturated heterocycles. The predicted molar refractivity (Wildman–Crippen MR) is 62.7 cm³/mol. The fourth-order valence-corrected chi connectivity index (χ4v) is 1.94. The molecule has 0 saturated carbocycles. The van der Waals surface area contributed by atoms with Crippen molar-refractivity contribution >= 4 is 0 Å². The first kappa shape index (κ1) is 11.3. The number of hydrogen-bond donors (Lipinski definition) is 1. The summed E-state index contributed by atoms with van der Waals surface area (Å²) in [4.78, 5) is 0. The molecule has 1 aliphatic carbocycles. The summed E-state index contributed by atoms with van der Waals surface area (Å²) in [5.41, 5.74) is 3.08. The molecule has 0 fully saturated rings. The van der Waals surface area contributed by atoms with E-state index in [2.05, 4.69) is 36.6 Å². The van der Waals surface area contributed by atoms with E-state index in [9.17, 15) is 0 Å². The number of aryl methyl sites for hydroxylation is 1. The first-order valence-electron chi connectivity index (χ1n) is 5.64. The fourth-order valence-electron chi connectivity index (χ4n) is 1.94. The van der Waals surface area contributed by atoms with Crippen molar-refractivity contribution in [1.82, 2.24) is 5.32 Å². The highest BCUT2D eigenvalue weighted by Crippen LogP contribution is 2.20. The zero-order valence-corrected chi connectivity index (χ0v) is 9.51. The predicted octanol–water partition coefficient (Wildman–Crippen LogP) is 2.79. The molecule has 0 aromatic heterocycles. The molecule has 0 bridgehead atoms. The molecule has 1 aromatic rings. The van der Waals surface area contributed by atoms with Crippen LogP contribution in [0.3, 0.4) is 0 Å². The maximum Gasteiger partial charge on any atom is 0.0108 e. The molecule has 2 rings (SSSR count). The van der Waals surface area contributed by atoms with Crippen molar-refractivity contribution < 1.29 is 0 Å². The van der Waals surface area contributed by atoms with Crippen LogP contribution >= 0.6 is 0 Å². The van der Waals surface area contributed by atoms with Gasteiger partial charge in [-0.1, -0.05) is 38.1 Å². The molecule has 1 atom stereocenters. The van der Waals surface area contributed by atoms with Crippen LogP contribution < -0.4 is 5.32 Å². The molecule has 78 valence electrons. The number of rotatable bonds is 1. The summed E-state index contributed by atoms with van der Waals surface area (Å²) < 4.78 is 0. The largest absolute Gasteiger partial charge is 0.317 e. The summed E-state index contributed by atoms with van der Waals surface area (Å²) in [5.74, 6) is 0. The molecule has 0 heterocycles. The summed E-state index contributed by atoms with van der Waals surface area (Å²) in [6.07, 6.45) is 3.72. The Morgan fingerprint density at radius 3 is 2.43 bits per heavy atom. The normalized spacial score (nSPS) is 19.2. The van der Waals surface area contributed by atoms with Crippen LogP contribution in [0.2, 0.25) is 0 Å². The summed E-state index contributed by atoms with van der Waals surface area (Å²) in [5, 5.41) is 3.34. The van der Waals surface area contributed by atoms with E-state index in [4.69, 9.17) is 0 Å². The number of likely N-dealkylation sites (N-methyl/N-ethyl adjacent to an activating group) is 1. The number of benzene rings is 1. The van der Waals surface area contributed by atoms with Gasteiger partial charge in [-0.05, 0) is 37.4 Å². The molecular formula is C13H21N. The van der Waals surface area contributed by atoms with Crippen LogP contribution in [-0.2, 0) is 12.8 Å². The van der Waals surface area contributed by atoms with Gasteiger partial charge in [0, 0.05) is 6.04 Å². The van der Waals surface area contributed by atoms with Crippen LogP contribution in [0.25, 0.3) is 0 Å². The van der Waals surface area contributed by atoms with E-state index in [-0.39, 0.29) is 0 Å². The first-order chi connectivity index (χ1) is 6.90. The Balaban J connectivity index is 0.000000461. The molecule has 1 aliphatic rings. The van der Waals surface area contributed by atoms with Crippen molar-refractivity contribution in [2.45, 2.75) is 39.2 Å². The third-order valence-electron chi connectivity index (χ3n) is 2.76. The van der Waals surface area contributed by atoms with E-state index in [0.29, 0.717) is 6.04 Å². The minimum absolute atomic E-state index is 0.694. The highest BCUT2D eigenvalue weighted by Gasteiger charge is 2.15. The van der Waals surface area contributed by atoms with Gasteiger partial charge in [0.05, 0.1) is 0 Å². The molecule has 1 unspecified atom stereocenters. The van der Waals surface area contributed by atoms with Crippen molar-refractivity contribution in [2.75, 3.05) is 7.05 Å². The van der Waals surface area contributed by atoms with Crippen LogP contribution in [0.4, 0.5) is 0 Å². The SMILES string of the molecule is CC.CNC1CCc2ccccc2C1. The molecule has 0 spiro atoms. The molecule has 1 aromatic carbocycles. The van der Waals surface area contributed by atoms with Crippen LogP contribution in [0, 0.1) is 0 Å². The molecule has 1 nitrogen and oxygen atoms in total. The van der Waals surface area contributed by atoms with E-state index in [1.807, 2.05) is 13.8 Å². The van der Waals surface area contributed by atoms with Crippen LogP contribution in [0.5, 0.6) is 0 Å². The second-order valence-corrected chi connectivity index (χ2v) is 3.50. The number of nitrogens with one attached hydrogen (secondary N) is 1. The number of hydrogen-bond acceptors (Lipinski definition) is 1. The second kappa shape index (κ2) is 5.82. The Kier molecular flexibility index (Phi) is 4.68. The van der Waals surface area contributed by atoms with Crippen LogP contribution in [-0.4, -0.2) is 13.1 Å². The van der Waals surface area contributed by atoms with Crippen LogP contribution in [0.15, 0.2) is 24.3 Å². The fraction of sp³-hybridized carbons (Fsp3) is 0.538.